The first-order valence-corrected chi connectivity index (χ1v) is 7.96. The van der Waals surface area contributed by atoms with E-state index in [-0.39, 0.29) is 12.2 Å². The van der Waals surface area contributed by atoms with Gasteiger partial charge < -0.3 is 5.11 Å². The highest BCUT2D eigenvalue weighted by Crippen LogP contribution is 2.11. The van der Waals surface area contributed by atoms with Crippen LogP contribution < -0.4 is 0 Å². The van der Waals surface area contributed by atoms with Crippen LogP contribution in [0.15, 0.2) is 12.2 Å². The van der Waals surface area contributed by atoms with E-state index in [4.69, 9.17) is 5.11 Å². The highest BCUT2D eigenvalue weighted by Gasteiger charge is 2.15. The molecule has 0 radical (unpaired) electrons. The molecule has 0 bridgehead atoms. The highest BCUT2D eigenvalue weighted by atomic mass is 16.4. The highest BCUT2D eigenvalue weighted by molar-refractivity contribution is 5.83. The lowest BCUT2D eigenvalue weighted by Crippen LogP contribution is -2.14. The number of allylic oxidation sites excluding steroid dienone is 1. The first-order valence-electron chi connectivity index (χ1n) is 7.96. The number of rotatable bonds is 13. The summed E-state index contributed by atoms with van der Waals surface area (Å²) >= 11 is 0. The van der Waals surface area contributed by atoms with E-state index in [1.165, 1.54) is 51.9 Å². The topological polar surface area (TPSA) is 54.4 Å². The minimum absolute atomic E-state index is 0.0749. The van der Waals surface area contributed by atoms with Gasteiger partial charge in [0.05, 0.1) is 5.92 Å². The van der Waals surface area contributed by atoms with Gasteiger partial charge in [-0.05, 0) is 19.8 Å². The Hall–Kier alpha value is -1.12. The average Bonchev–Trinajstić information content (AvgIpc) is 2.39. The van der Waals surface area contributed by atoms with Crippen LogP contribution in [0.3, 0.4) is 0 Å². The van der Waals surface area contributed by atoms with Gasteiger partial charge in [-0.1, -0.05) is 64.0 Å². The van der Waals surface area contributed by atoms with Crippen molar-refractivity contribution in [3.8, 4) is 0 Å². The van der Waals surface area contributed by atoms with Gasteiger partial charge in [0.1, 0.15) is 5.78 Å². The third kappa shape index (κ3) is 11.9. The van der Waals surface area contributed by atoms with Crippen molar-refractivity contribution in [2.45, 2.75) is 78.1 Å². The Kier molecular flexibility index (Phi) is 12.2. The van der Waals surface area contributed by atoms with E-state index >= 15 is 0 Å². The maximum Gasteiger partial charge on any atom is 0.310 e. The number of hydrogen-bond donors (Lipinski definition) is 1. The van der Waals surface area contributed by atoms with Gasteiger partial charge in [0, 0.05) is 6.42 Å². The number of carboxylic acid groups (broad SMARTS) is 1. The average molecular weight is 282 g/mol. The van der Waals surface area contributed by atoms with E-state index in [1.807, 2.05) is 6.08 Å². The predicted octanol–water partition coefficient (Wildman–Crippen LogP) is 4.75. The lowest BCUT2D eigenvalue weighted by molar-refractivity contribution is -0.141. The Morgan fingerprint density at radius 1 is 1.00 bits per heavy atom. The maximum absolute atomic E-state index is 10.9. The summed E-state index contributed by atoms with van der Waals surface area (Å²) in [6.45, 7) is 3.66. The molecule has 0 fully saturated rings. The summed E-state index contributed by atoms with van der Waals surface area (Å²) in [6.07, 6.45) is 14.8. The SMILES string of the molecule is CCCCCCCCCC/C=C/C(CC(C)=O)C(=O)O. The van der Waals surface area contributed by atoms with Crippen LogP contribution >= 0.6 is 0 Å². The number of Topliss-reactive ketones (excluding diaryl/α,β-unsaturated/α-hetero) is 1. The molecule has 0 aromatic carbocycles. The molecule has 20 heavy (non-hydrogen) atoms. The molecule has 0 aliphatic carbocycles. The molecule has 3 heteroatoms. The van der Waals surface area contributed by atoms with Crippen LogP contribution in [0.1, 0.15) is 78.1 Å². The minimum atomic E-state index is -0.910. The van der Waals surface area contributed by atoms with Gasteiger partial charge in [-0.3, -0.25) is 9.59 Å². The second kappa shape index (κ2) is 12.9. The molecule has 0 aliphatic heterocycles. The second-order valence-corrected chi connectivity index (χ2v) is 5.54. The second-order valence-electron chi connectivity index (χ2n) is 5.54. The van der Waals surface area contributed by atoms with Crippen LogP contribution in [-0.2, 0) is 9.59 Å². The Labute approximate surface area is 123 Å². The zero-order valence-electron chi connectivity index (χ0n) is 13.1. The van der Waals surface area contributed by atoms with Crippen molar-refractivity contribution in [2.24, 2.45) is 5.92 Å². The standard InChI is InChI=1S/C17H30O3/c1-3-4-5-6-7-8-9-10-11-12-13-16(17(19)20)14-15(2)18/h12-13,16H,3-11,14H2,1-2H3,(H,19,20)/b13-12+. The van der Waals surface area contributed by atoms with Crippen molar-refractivity contribution in [3.05, 3.63) is 12.2 Å². The molecule has 0 rings (SSSR count). The van der Waals surface area contributed by atoms with Crippen molar-refractivity contribution in [2.75, 3.05) is 0 Å². The van der Waals surface area contributed by atoms with Gasteiger partial charge in [0.15, 0.2) is 0 Å². The first kappa shape index (κ1) is 18.9. The number of aliphatic carboxylic acids is 1. The molecule has 0 amide bonds. The molecule has 0 aromatic rings. The number of hydrogen-bond acceptors (Lipinski definition) is 2. The van der Waals surface area contributed by atoms with Crippen molar-refractivity contribution in [1.82, 2.24) is 0 Å². The number of carbonyl (C=O) groups excluding carboxylic acids is 1. The van der Waals surface area contributed by atoms with Crippen LogP contribution in [0.25, 0.3) is 0 Å². The van der Waals surface area contributed by atoms with E-state index in [1.54, 1.807) is 6.08 Å². The third-order valence-electron chi connectivity index (χ3n) is 3.42. The third-order valence-corrected chi connectivity index (χ3v) is 3.42. The van der Waals surface area contributed by atoms with Gasteiger partial charge in [0.25, 0.3) is 0 Å². The zero-order chi connectivity index (χ0) is 15.2. The smallest absolute Gasteiger partial charge is 0.310 e. The summed E-state index contributed by atoms with van der Waals surface area (Å²) in [7, 11) is 0. The fraction of sp³-hybridized carbons (Fsp3) is 0.765. The summed E-state index contributed by atoms with van der Waals surface area (Å²) in [5.41, 5.74) is 0. The van der Waals surface area contributed by atoms with Crippen LogP contribution in [0.2, 0.25) is 0 Å². The predicted molar refractivity (Wildman–Crippen MR) is 82.8 cm³/mol. The molecule has 0 saturated heterocycles. The summed E-state index contributed by atoms with van der Waals surface area (Å²) in [5, 5.41) is 8.96. The maximum atomic E-state index is 10.9. The normalized spacial score (nSPS) is 12.7. The number of unbranched alkanes of at least 4 members (excludes halogenated alkanes) is 8. The molecular weight excluding hydrogens is 252 g/mol. The molecule has 1 unspecified atom stereocenters. The number of carboxylic acids is 1. The van der Waals surface area contributed by atoms with E-state index < -0.39 is 11.9 Å². The Balaban J connectivity index is 3.58. The molecule has 0 aliphatic rings. The number of ketones is 1. The summed E-state index contributed by atoms with van der Waals surface area (Å²) in [6, 6.07) is 0. The van der Waals surface area contributed by atoms with Crippen molar-refractivity contribution < 1.29 is 14.7 Å². The van der Waals surface area contributed by atoms with Crippen LogP contribution in [0, 0.1) is 5.92 Å². The van der Waals surface area contributed by atoms with Crippen LogP contribution in [0.4, 0.5) is 0 Å². The zero-order valence-corrected chi connectivity index (χ0v) is 13.1. The van der Waals surface area contributed by atoms with E-state index in [0.717, 1.165) is 12.8 Å². The molecule has 0 heterocycles. The molecule has 0 spiro atoms. The van der Waals surface area contributed by atoms with Crippen molar-refractivity contribution in [3.63, 3.8) is 0 Å². The lowest BCUT2D eigenvalue weighted by Gasteiger charge is -2.04. The van der Waals surface area contributed by atoms with Gasteiger partial charge in [0.2, 0.25) is 0 Å². The molecule has 0 aromatic heterocycles. The first-order chi connectivity index (χ1) is 9.57. The quantitative estimate of drug-likeness (QED) is 0.391. The Morgan fingerprint density at radius 3 is 2.05 bits per heavy atom. The van der Waals surface area contributed by atoms with E-state index in [9.17, 15) is 9.59 Å². The van der Waals surface area contributed by atoms with Crippen LogP contribution in [0.5, 0.6) is 0 Å². The summed E-state index contributed by atoms with van der Waals surface area (Å²) in [5.74, 6) is -1.64. The lowest BCUT2D eigenvalue weighted by atomic mass is 10.0. The minimum Gasteiger partial charge on any atom is -0.481 e. The van der Waals surface area contributed by atoms with Crippen LogP contribution in [-0.4, -0.2) is 16.9 Å². The van der Waals surface area contributed by atoms with E-state index in [2.05, 4.69) is 6.92 Å². The largest absolute Gasteiger partial charge is 0.481 e. The molecule has 116 valence electrons. The molecule has 1 N–H and O–H groups in total. The van der Waals surface area contributed by atoms with Gasteiger partial charge in [-0.15, -0.1) is 0 Å². The van der Waals surface area contributed by atoms with Crippen molar-refractivity contribution >= 4 is 11.8 Å². The van der Waals surface area contributed by atoms with Crippen molar-refractivity contribution in [1.29, 1.82) is 0 Å². The van der Waals surface area contributed by atoms with Gasteiger partial charge >= 0.3 is 5.97 Å². The summed E-state index contributed by atoms with van der Waals surface area (Å²) in [4.78, 5) is 21.9. The molecule has 3 nitrogen and oxygen atoms in total. The fourth-order valence-electron chi connectivity index (χ4n) is 2.20. The Morgan fingerprint density at radius 2 is 1.55 bits per heavy atom. The monoisotopic (exact) mass is 282 g/mol. The number of carbonyl (C=O) groups is 2. The molecule has 0 saturated carbocycles. The van der Waals surface area contributed by atoms with E-state index in [0.29, 0.717) is 0 Å². The molecular formula is C17H30O3. The molecule has 1 atom stereocenters. The van der Waals surface area contributed by atoms with Gasteiger partial charge in [-0.2, -0.15) is 0 Å². The van der Waals surface area contributed by atoms with Gasteiger partial charge in [-0.25, -0.2) is 0 Å². The Bertz CT molecular complexity index is 295. The summed E-state index contributed by atoms with van der Waals surface area (Å²) < 4.78 is 0. The fourth-order valence-corrected chi connectivity index (χ4v) is 2.20.